The molecule has 2 heteroatoms. The summed E-state index contributed by atoms with van der Waals surface area (Å²) in [6.07, 6.45) is 4.21. The van der Waals surface area contributed by atoms with Gasteiger partial charge in [-0.25, -0.2) is 0 Å². The quantitative estimate of drug-likeness (QED) is 0.779. The van der Waals surface area contributed by atoms with Gasteiger partial charge in [0.25, 0.3) is 0 Å². The Morgan fingerprint density at radius 1 is 1.36 bits per heavy atom. The third kappa shape index (κ3) is 1.26. The Kier molecular flexibility index (Phi) is 2.64. The van der Waals surface area contributed by atoms with Gasteiger partial charge in [0.05, 0.1) is 6.61 Å². The first-order chi connectivity index (χ1) is 6.52. The van der Waals surface area contributed by atoms with E-state index in [1.165, 1.54) is 19.3 Å². The lowest BCUT2D eigenvalue weighted by atomic mass is 9.71. The fourth-order valence-corrected chi connectivity index (χ4v) is 5.13. The summed E-state index contributed by atoms with van der Waals surface area (Å²) in [7, 11) is 0. The number of hydrogen-bond donors (Lipinski definition) is 1. The largest absolute Gasteiger partial charge is 0.396 e. The summed E-state index contributed by atoms with van der Waals surface area (Å²) in [5.41, 5.74) is 1.05. The Morgan fingerprint density at radius 3 is 2.50 bits per heavy atom. The van der Waals surface area contributed by atoms with Crippen LogP contribution in [0.4, 0.5) is 0 Å². The van der Waals surface area contributed by atoms with E-state index in [0.717, 1.165) is 16.9 Å². The summed E-state index contributed by atoms with van der Waals surface area (Å²) in [5, 5.41) is 9.68. The number of fused-ring (bicyclic) bond motifs is 2. The molecule has 2 bridgehead atoms. The van der Waals surface area contributed by atoms with Crippen LogP contribution in [0.2, 0.25) is 0 Å². The summed E-state index contributed by atoms with van der Waals surface area (Å²) in [6, 6.07) is 0. The van der Waals surface area contributed by atoms with Gasteiger partial charge in [-0.1, -0.05) is 20.8 Å². The molecule has 0 amide bonds. The minimum Gasteiger partial charge on any atom is -0.396 e. The third-order valence-corrected chi connectivity index (χ3v) is 6.66. The molecule has 0 spiro atoms. The van der Waals surface area contributed by atoms with E-state index in [4.69, 9.17) is 5.11 Å². The molecule has 2 rings (SSSR count). The topological polar surface area (TPSA) is 20.2 Å². The first-order valence-electron chi connectivity index (χ1n) is 5.75. The van der Waals surface area contributed by atoms with Gasteiger partial charge in [-0.15, -0.1) is 0 Å². The Hall–Kier alpha value is 0.310. The van der Waals surface area contributed by atoms with Crippen LogP contribution in [0.3, 0.4) is 0 Å². The monoisotopic (exact) mass is 214 g/mol. The Labute approximate surface area is 91.7 Å². The van der Waals surface area contributed by atoms with Crippen LogP contribution in [-0.4, -0.2) is 22.7 Å². The van der Waals surface area contributed by atoms with E-state index in [9.17, 15) is 0 Å². The Balaban J connectivity index is 2.11. The van der Waals surface area contributed by atoms with Gasteiger partial charge in [-0.2, -0.15) is 11.8 Å². The second-order valence-electron chi connectivity index (χ2n) is 5.69. The molecule has 1 N–H and O–H groups in total. The molecule has 0 unspecified atom stereocenters. The zero-order valence-electron chi connectivity index (χ0n) is 9.55. The van der Waals surface area contributed by atoms with E-state index in [0.29, 0.717) is 17.4 Å². The van der Waals surface area contributed by atoms with Crippen molar-refractivity contribution in [2.45, 2.75) is 45.3 Å². The predicted molar refractivity (Wildman–Crippen MR) is 62.6 cm³/mol. The second kappa shape index (κ2) is 3.41. The molecule has 0 saturated heterocycles. The lowest BCUT2D eigenvalue weighted by Crippen LogP contribution is -2.34. The highest BCUT2D eigenvalue weighted by Crippen LogP contribution is 2.68. The molecule has 0 heterocycles. The van der Waals surface area contributed by atoms with Crippen molar-refractivity contribution in [3.63, 3.8) is 0 Å². The number of aliphatic hydroxyl groups excluding tert-OH is 1. The van der Waals surface area contributed by atoms with Crippen molar-refractivity contribution in [3.05, 3.63) is 0 Å². The molecule has 0 aliphatic heterocycles. The van der Waals surface area contributed by atoms with Crippen molar-refractivity contribution < 1.29 is 5.11 Å². The average Bonchev–Trinajstić information content (AvgIpc) is 2.46. The molecule has 1 nitrogen and oxygen atoms in total. The minimum absolute atomic E-state index is 0.336. The van der Waals surface area contributed by atoms with Crippen LogP contribution in [0.15, 0.2) is 0 Å². The fourth-order valence-electron chi connectivity index (χ4n) is 3.58. The maximum Gasteiger partial charge on any atom is 0.0521 e. The maximum atomic E-state index is 8.89. The van der Waals surface area contributed by atoms with E-state index in [1.54, 1.807) is 0 Å². The first kappa shape index (κ1) is 10.8. The van der Waals surface area contributed by atoms with Gasteiger partial charge >= 0.3 is 0 Å². The van der Waals surface area contributed by atoms with Crippen molar-refractivity contribution in [1.29, 1.82) is 0 Å². The van der Waals surface area contributed by atoms with Crippen molar-refractivity contribution in [1.82, 2.24) is 0 Å². The van der Waals surface area contributed by atoms with E-state index in [2.05, 4.69) is 20.8 Å². The van der Waals surface area contributed by atoms with Crippen LogP contribution >= 0.6 is 11.8 Å². The number of rotatable bonds is 3. The van der Waals surface area contributed by atoms with Crippen LogP contribution in [0.25, 0.3) is 0 Å². The van der Waals surface area contributed by atoms with Crippen molar-refractivity contribution in [2.75, 3.05) is 12.4 Å². The van der Waals surface area contributed by atoms with E-state index < -0.39 is 0 Å². The standard InChI is InChI=1S/C12H22OS/c1-11(2)9-4-5-12(11,3)10(8-9)14-7-6-13/h9-10,13H,4-8H2,1-3H3/t9-,10+,12+/m1/s1. The molecule has 2 fully saturated rings. The van der Waals surface area contributed by atoms with E-state index >= 15 is 0 Å². The van der Waals surface area contributed by atoms with Crippen molar-refractivity contribution in [2.24, 2.45) is 16.7 Å². The Bertz CT molecular complexity index is 226. The molecular weight excluding hydrogens is 192 g/mol. The molecule has 0 radical (unpaired) electrons. The lowest BCUT2D eigenvalue weighted by Gasteiger charge is -2.39. The number of thioether (sulfide) groups is 1. The number of aliphatic hydroxyl groups is 1. The van der Waals surface area contributed by atoms with Crippen molar-refractivity contribution >= 4 is 11.8 Å². The number of hydrogen-bond acceptors (Lipinski definition) is 2. The molecule has 0 aromatic rings. The highest BCUT2D eigenvalue weighted by Gasteiger charge is 2.61. The zero-order chi connectivity index (χ0) is 10.4. The molecule has 3 atom stereocenters. The smallest absolute Gasteiger partial charge is 0.0521 e. The fraction of sp³-hybridized carbons (Fsp3) is 1.00. The molecule has 2 aliphatic carbocycles. The molecule has 0 aromatic heterocycles. The van der Waals surface area contributed by atoms with Crippen molar-refractivity contribution in [3.8, 4) is 0 Å². The maximum absolute atomic E-state index is 8.89. The van der Waals surface area contributed by atoms with Crippen LogP contribution in [0, 0.1) is 16.7 Å². The summed E-state index contributed by atoms with van der Waals surface area (Å²) >= 11 is 2.00. The van der Waals surface area contributed by atoms with Crippen LogP contribution < -0.4 is 0 Å². The third-order valence-electron chi connectivity index (χ3n) is 5.12. The molecule has 82 valence electrons. The normalized spacial score (nSPS) is 44.6. The second-order valence-corrected chi connectivity index (χ2v) is 7.00. The lowest BCUT2D eigenvalue weighted by molar-refractivity contribution is 0.156. The summed E-state index contributed by atoms with van der Waals surface area (Å²) < 4.78 is 0. The average molecular weight is 214 g/mol. The minimum atomic E-state index is 0.336. The van der Waals surface area contributed by atoms with E-state index in [-0.39, 0.29) is 0 Å². The summed E-state index contributed by atoms with van der Waals surface area (Å²) in [6.45, 7) is 7.70. The van der Waals surface area contributed by atoms with Crippen LogP contribution in [0.1, 0.15) is 40.0 Å². The predicted octanol–water partition coefficient (Wildman–Crippen LogP) is 2.93. The van der Waals surface area contributed by atoms with E-state index in [1.807, 2.05) is 11.8 Å². The van der Waals surface area contributed by atoms with Gasteiger partial charge in [0.2, 0.25) is 0 Å². The summed E-state index contributed by atoms with van der Waals surface area (Å²) in [5.74, 6) is 1.85. The van der Waals surface area contributed by atoms with Gasteiger partial charge in [0.1, 0.15) is 0 Å². The summed E-state index contributed by atoms with van der Waals surface area (Å²) in [4.78, 5) is 0. The Morgan fingerprint density at radius 2 is 2.07 bits per heavy atom. The van der Waals surface area contributed by atoms with Gasteiger partial charge < -0.3 is 5.11 Å². The van der Waals surface area contributed by atoms with Crippen LogP contribution in [0.5, 0.6) is 0 Å². The highest BCUT2D eigenvalue weighted by atomic mass is 32.2. The zero-order valence-corrected chi connectivity index (χ0v) is 10.4. The van der Waals surface area contributed by atoms with Gasteiger partial charge in [-0.3, -0.25) is 0 Å². The highest BCUT2D eigenvalue weighted by molar-refractivity contribution is 7.99. The molecule has 14 heavy (non-hydrogen) atoms. The van der Waals surface area contributed by atoms with Gasteiger partial charge in [0.15, 0.2) is 0 Å². The van der Waals surface area contributed by atoms with Crippen LogP contribution in [-0.2, 0) is 0 Å². The first-order valence-corrected chi connectivity index (χ1v) is 6.80. The molecular formula is C12H22OS. The van der Waals surface area contributed by atoms with Gasteiger partial charge in [-0.05, 0) is 36.0 Å². The molecule has 0 aromatic carbocycles. The molecule has 2 saturated carbocycles. The SMILES string of the molecule is CC1(C)[C@@H]2CC[C@@]1(C)[C@@H](SCCO)C2. The molecule has 2 aliphatic rings. The van der Waals surface area contributed by atoms with Gasteiger partial charge in [0, 0.05) is 11.0 Å².